The number of rotatable bonds is 15. The van der Waals surface area contributed by atoms with Gasteiger partial charge in [0.25, 0.3) is 0 Å². The zero-order chi connectivity index (χ0) is 21.3. The molecule has 0 unspecified atom stereocenters. The summed E-state index contributed by atoms with van der Waals surface area (Å²) in [6.45, 7) is 2.51. The normalized spacial score (nSPS) is 11.0. The van der Waals surface area contributed by atoms with E-state index >= 15 is 0 Å². The van der Waals surface area contributed by atoms with Gasteiger partial charge in [0.15, 0.2) is 0 Å². The number of allylic oxidation sites excluding steroid dienone is 1. The topological polar surface area (TPSA) is 52.6 Å². The Balaban J connectivity index is 2.02. The molecule has 1 aromatic rings. The fraction of sp³-hybridized carbons (Fsp3) is 0.565. The fourth-order valence-corrected chi connectivity index (χ4v) is 3.27. The molecule has 0 fully saturated rings. The molecule has 0 N–H and O–H groups in total. The lowest BCUT2D eigenvalue weighted by atomic mass is 10.1. The first-order valence-corrected chi connectivity index (χ1v) is 11.2. The highest BCUT2D eigenvalue weighted by atomic mass is 35.5. The molecule has 0 saturated carbocycles. The van der Waals surface area contributed by atoms with Gasteiger partial charge in [-0.05, 0) is 37.5 Å². The van der Waals surface area contributed by atoms with Crippen LogP contribution in [0.4, 0.5) is 0 Å². The number of benzene rings is 1. The van der Waals surface area contributed by atoms with Gasteiger partial charge >= 0.3 is 11.9 Å². The van der Waals surface area contributed by atoms with E-state index in [-0.39, 0.29) is 25.4 Å². The van der Waals surface area contributed by atoms with Crippen molar-refractivity contribution in [2.45, 2.75) is 77.6 Å². The number of unbranched alkanes of at least 4 members (excludes halogenated alkanes) is 7. The smallest absolute Gasteiger partial charge is 0.311 e. The fourth-order valence-electron chi connectivity index (χ4n) is 2.77. The molecule has 0 spiro atoms. The summed E-state index contributed by atoms with van der Waals surface area (Å²) < 4.78 is 10.3. The summed E-state index contributed by atoms with van der Waals surface area (Å²) in [5.74, 6) is -0.462. The summed E-state index contributed by atoms with van der Waals surface area (Å²) in [5, 5.41) is 0.785. The first kappa shape index (κ1) is 25.5. The van der Waals surface area contributed by atoms with E-state index in [0.29, 0.717) is 22.2 Å². The van der Waals surface area contributed by atoms with Gasteiger partial charge in [0, 0.05) is 22.9 Å². The van der Waals surface area contributed by atoms with Crippen LogP contribution in [0.25, 0.3) is 0 Å². The molecule has 0 amide bonds. The molecule has 0 bridgehead atoms. The first-order chi connectivity index (χ1) is 14.0. The average molecular weight is 443 g/mol. The summed E-state index contributed by atoms with van der Waals surface area (Å²) in [6, 6.07) is 4.58. The number of hydrogen-bond acceptors (Lipinski definition) is 4. The average Bonchev–Trinajstić information content (AvgIpc) is 2.65. The minimum atomic E-state index is -0.439. The number of halogens is 2. The van der Waals surface area contributed by atoms with Crippen LogP contribution in [0.15, 0.2) is 30.4 Å². The number of ether oxygens (including phenoxy) is 2. The largest absolute Gasteiger partial charge is 0.461 e. The molecular formula is C23H32Cl2O4. The molecule has 0 radical (unpaired) electrons. The third-order valence-electron chi connectivity index (χ3n) is 4.31. The van der Waals surface area contributed by atoms with Crippen LogP contribution in [0.2, 0.25) is 10.0 Å². The Morgan fingerprint density at radius 1 is 0.828 bits per heavy atom. The van der Waals surface area contributed by atoms with E-state index in [1.807, 2.05) is 6.08 Å². The van der Waals surface area contributed by atoms with Crippen molar-refractivity contribution < 1.29 is 19.1 Å². The van der Waals surface area contributed by atoms with Crippen molar-refractivity contribution in [3.05, 3.63) is 40.4 Å². The molecule has 0 aliphatic rings. The Bertz CT molecular complexity index is 624. The van der Waals surface area contributed by atoms with Crippen LogP contribution in [-0.2, 0) is 14.3 Å². The van der Waals surface area contributed by atoms with Gasteiger partial charge in [0.2, 0.25) is 0 Å². The maximum atomic E-state index is 11.8. The van der Waals surface area contributed by atoms with E-state index in [9.17, 15) is 9.59 Å². The van der Waals surface area contributed by atoms with Crippen LogP contribution in [-0.4, -0.2) is 18.5 Å². The molecule has 0 aromatic heterocycles. The SMILES string of the molecule is CCCCCCCCC/C=C/COC(=O)CCCC(=O)Oc1cc(Cl)cc(Cl)c1. The van der Waals surface area contributed by atoms with Crippen molar-refractivity contribution in [3.8, 4) is 5.75 Å². The van der Waals surface area contributed by atoms with Gasteiger partial charge in [-0.25, -0.2) is 0 Å². The highest BCUT2D eigenvalue weighted by Gasteiger charge is 2.09. The molecule has 0 atom stereocenters. The monoisotopic (exact) mass is 442 g/mol. The standard InChI is InChI=1S/C23H32Cl2O4/c1-2-3-4-5-6-7-8-9-10-11-15-28-22(26)13-12-14-23(27)29-21-17-19(24)16-20(25)18-21/h10-11,16-18H,2-9,12-15H2,1H3/b11-10+. The van der Waals surface area contributed by atoms with Crippen LogP contribution in [0.5, 0.6) is 5.75 Å². The molecule has 1 aromatic carbocycles. The van der Waals surface area contributed by atoms with Crippen LogP contribution in [0.3, 0.4) is 0 Å². The van der Waals surface area contributed by atoms with Crippen molar-refractivity contribution in [2.75, 3.05) is 6.61 Å². The Labute approximate surface area is 184 Å². The third kappa shape index (κ3) is 14.2. The maximum absolute atomic E-state index is 11.8. The van der Waals surface area contributed by atoms with Gasteiger partial charge < -0.3 is 9.47 Å². The minimum absolute atomic E-state index is 0.118. The van der Waals surface area contributed by atoms with Crippen molar-refractivity contribution in [1.82, 2.24) is 0 Å². The van der Waals surface area contributed by atoms with Gasteiger partial charge in [0.1, 0.15) is 12.4 Å². The highest BCUT2D eigenvalue weighted by Crippen LogP contribution is 2.24. The quantitative estimate of drug-likeness (QED) is 0.123. The zero-order valence-electron chi connectivity index (χ0n) is 17.3. The molecule has 0 saturated heterocycles. The maximum Gasteiger partial charge on any atom is 0.311 e. The summed E-state index contributed by atoms with van der Waals surface area (Å²) in [7, 11) is 0. The van der Waals surface area contributed by atoms with Gasteiger partial charge in [-0.1, -0.05) is 80.8 Å². The lowest BCUT2D eigenvalue weighted by Crippen LogP contribution is -2.10. The van der Waals surface area contributed by atoms with Gasteiger partial charge in [-0.2, -0.15) is 0 Å². The van der Waals surface area contributed by atoms with Crippen LogP contribution in [0, 0.1) is 0 Å². The zero-order valence-corrected chi connectivity index (χ0v) is 18.8. The summed E-state index contributed by atoms with van der Waals surface area (Å²) >= 11 is 11.7. The Morgan fingerprint density at radius 2 is 1.45 bits per heavy atom. The molecule has 0 aliphatic carbocycles. The molecule has 6 heteroatoms. The number of esters is 2. The molecule has 0 aliphatic heterocycles. The van der Waals surface area contributed by atoms with Crippen molar-refractivity contribution >= 4 is 35.1 Å². The molecule has 162 valence electrons. The molecular weight excluding hydrogens is 411 g/mol. The lowest BCUT2D eigenvalue weighted by Gasteiger charge is -2.05. The Morgan fingerprint density at radius 3 is 2.14 bits per heavy atom. The van der Waals surface area contributed by atoms with E-state index in [4.69, 9.17) is 32.7 Å². The third-order valence-corrected chi connectivity index (χ3v) is 4.75. The predicted molar refractivity (Wildman–Crippen MR) is 119 cm³/mol. The number of carbonyl (C=O) groups is 2. The second-order valence-electron chi connectivity index (χ2n) is 7.00. The minimum Gasteiger partial charge on any atom is -0.461 e. The number of hydrogen-bond donors (Lipinski definition) is 0. The van der Waals surface area contributed by atoms with Crippen LogP contribution in [0.1, 0.15) is 77.6 Å². The van der Waals surface area contributed by atoms with Crippen molar-refractivity contribution in [3.63, 3.8) is 0 Å². The van der Waals surface area contributed by atoms with E-state index in [1.54, 1.807) is 6.07 Å². The predicted octanol–water partition coefficient (Wildman–Crippen LogP) is 7.31. The highest BCUT2D eigenvalue weighted by molar-refractivity contribution is 6.34. The lowest BCUT2D eigenvalue weighted by molar-refractivity contribution is -0.142. The summed E-state index contributed by atoms with van der Waals surface area (Å²) in [4.78, 5) is 23.5. The van der Waals surface area contributed by atoms with Crippen molar-refractivity contribution in [1.29, 1.82) is 0 Å². The molecule has 29 heavy (non-hydrogen) atoms. The molecule has 0 heterocycles. The van der Waals surface area contributed by atoms with Gasteiger partial charge in [-0.15, -0.1) is 0 Å². The van der Waals surface area contributed by atoms with Crippen LogP contribution < -0.4 is 4.74 Å². The first-order valence-electron chi connectivity index (χ1n) is 10.5. The van der Waals surface area contributed by atoms with Crippen molar-refractivity contribution in [2.24, 2.45) is 0 Å². The van der Waals surface area contributed by atoms with E-state index < -0.39 is 5.97 Å². The van der Waals surface area contributed by atoms with E-state index in [2.05, 4.69) is 13.0 Å². The summed E-state index contributed by atoms with van der Waals surface area (Å²) in [5.41, 5.74) is 0. The molecule has 4 nitrogen and oxygen atoms in total. The second kappa shape index (κ2) is 16.3. The van der Waals surface area contributed by atoms with Gasteiger partial charge in [0.05, 0.1) is 0 Å². The number of carbonyl (C=O) groups excluding carboxylic acids is 2. The second-order valence-corrected chi connectivity index (χ2v) is 7.87. The van der Waals surface area contributed by atoms with E-state index in [1.165, 1.54) is 57.1 Å². The molecule has 1 rings (SSSR count). The van der Waals surface area contributed by atoms with Gasteiger partial charge in [-0.3, -0.25) is 9.59 Å². The van der Waals surface area contributed by atoms with Crippen LogP contribution >= 0.6 is 23.2 Å². The summed E-state index contributed by atoms with van der Waals surface area (Å²) in [6.07, 6.45) is 14.6. The Kier molecular flexibility index (Phi) is 14.3. The Hall–Kier alpha value is -1.52. The van der Waals surface area contributed by atoms with E-state index in [0.717, 1.165) is 6.42 Å².